The number of hydrogen-bond acceptors (Lipinski definition) is 2. The van der Waals surface area contributed by atoms with Crippen LogP contribution < -0.4 is 5.56 Å². The molecule has 0 spiro atoms. The van der Waals surface area contributed by atoms with Crippen LogP contribution in [0, 0.1) is 3.57 Å². The van der Waals surface area contributed by atoms with Crippen LogP contribution in [0.25, 0.3) is 22.2 Å². The molecule has 1 heterocycles. The molecule has 18 heavy (non-hydrogen) atoms. The number of aromatic nitrogens is 2. The Morgan fingerprint density at radius 1 is 1.06 bits per heavy atom. The predicted octanol–water partition coefficient (Wildman–Crippen LogP) is 3.19. The molecule has 88 valence electrons. The summed E-state index contributed by atoms with van der Waals surface area (Å²) in [7, 11) is 0. The van der Waals surface area contributed by atoms with Crippen molar-refractivity contribution in [2.24, 2.45) is 0 Å². The van der Waals surface area contributed by atoms with Crippen LogP contribution in [-0.4, -0.2) is 9.97 Å². The first-order valence-electron chi connectivity index (χ1n) is 5.48. The zero-order valence-electron chi connectivity index (χ0n) is 9.35. The molecule has 2 aromatic carbocycles. The molecule has 0 saturated heterocycles. The van der Waals surface area contributed by atoms with Crippen LogP contribution in [0.2, 0.25) is 0 Å². The lowest BCUT2D eigenvalue weighted by Crippen LogP contribution is -2.11. The molecule has 0 aliphatic carbocycles. The van der Waals surface area contributed by atoms with E-state index >= 15 is 0 Å². The van der Waals surface area contributed by atoms with Crippen LogP contribution in [0.15, 0.2) is 53.5 Å². The topological polar surface area (TPSA) is 45.8 Å². The van der Waals surface area contributed by atoms with E-state index in [-0.39, 0.29) is 5.56 Å². The van der Waals surface area contributed by atoms with Crippen LogP contribution in [0.1, 0.15) is 0 Å². The van der Waals surface area contributed by atoms with Crippen molar-refractivity contribution in [2.75, 3.05) is 0 Å². The number of nitrogens with one attached hydrogen (secondary N) is 1. The second kappa shape index (κ2) is 4.53. The highest BCUT2D eigenvalue weighted by atomic mass is 127. The summed E-state index contributed by atoms with van der Waals surface area (Å²) in [5, 5.41) is 2.22. The van der Waals surface area contributed by atoms with Gasteiger partial charge in [-0.2, -0.15) is 0 Å². The highest BCUT2D eigenvalue weighted by Gasteiger charge is 2.06. The number of benzene rings is 2. The highest BCUT2D eigenvalue weighted by molar-refractivity contribution is 14.1. The van der Waals surface area contributed by atoms with Crippen molar-refractivity contribution in [1.29, 1.82) is 0 Å². The summed E-state index contributed by atoms with van der Waals surface area (Å²) in [6, 6.07) is 14.0. The molecule has 3 aromatic rings. The molecule has 0 bridgehead atoms. The molecule has 0 unspecified atom stereocenters. The Balaban J connectivity index is 2.31. The van der Waals surface area contributed by atoms with Crippen molar-refractivity contribution in [1.82, 2.24) is 9.97 Å². The average molecular weight is 348 g/mol. The number of fused-ring (bicyclic) bond motifs is 1. The van der Waals surface area contributed by atoms with Crippen molar-refractivity contribution in [2.45, 2.75) is 0 Å². The molecule has 0 aliphatic heterocycles. The van der Waals surface area contributed by atoms with Crippen LogP contribution >= 0.6 is 22.6 Å². The fourth-order valence-corrected chi connectivity index (χ4v) is 2.22. The minimum absolute atomic E-state index is 0.103. The third-order valence-corrected chi connectivity index (χ3v) is 3.57. The number of nitrogens with zero attached hydrogens (tertiary/aromatic N) is 1. The van der Waals surface area contributed by atoms with E-state index in [4.69, 9.17) is 0 Å². The van der Waals surface area contributed by atoms with E-state index in [0.29, 0.717) is 9.39 Å². The van der Waals surface area contributed by atoms with Gasteiger partial charge in [-0.3, -0.25) is 4.79 Å². The monoisotopic (exact) mass is 348 g/mol. The predicted molar refractivity (Wildman–Crippen MR) is 80.5 cm³/mol. The average Bonchev–Trinajstić information content (AvgIpc) is 2.41. The molecule has 0 saturated carbocycles. The largest absolute Gasteiger partial charge is 0.306 e. The summed E-state index contributed by atoms with van der Waals surface area (Å²) < 4.78 is 0.594. The van der Waals surface area contributed by atoms with Crippen LogP contribution in [-0.2, 0) is 0 Å². The first-order valence-corrected chi connectivity index (χ1v) is 6.56. The smallest absolute Gasteiger partial charge is 0.264 e. The fraction of sp³-hybridized carbons (Fsp3) is 0. The van der Waals surface area contributed by atoms with Crippen LogP contribution in [0.3, 0.4) is 0 Å². The lowest BCUT2D eigenvalue weighted by molar-refractivity contribution is 1.11. The lowest BCUT2D eigenvalue weighted by Gasteiger charge is -2.05. The van der Waals surface area contributed by atoms with E-state index in [1.54, 1.807) is 6.20 Å². The molecule has 4 heteroatoms. The third-order valence-electron chi connectivity index (χ3n) is 2.80. The first-order chi connectivity index (χ1) is 8.75. The summed E-state index contributed by atoms with van der Waals surface area (Å²) in [6.45, 7) is 0. The Labute approximate surface area is 117 Å². The molecule has 0 aliphatic rings. The quantitative estimate of drug-likeness (QED) is 0.687. The summed E-state index contributed by atoms with van der Waals surface area (Å²) in [6.07, 6.45) is 1.59. The van der Waals surface area contributed by atoms with Gasteiger partial charge in [0.2, 0.25) is 0 Å². The molecule has 1 N–H and O–H groups in total. The lowest BCUT2D eigenvalue weighted by atomic mass is 10.0. The normalized spacial score (nSPS) is 10.7. The number of rotatable bonds is 1. The van der Waals surface area contributed by atoms with Crippen molar-refractivity contribution in [3.05, 3.63) is 62.6 Å². The van der Waals surface area contributed by atoms with Gasteiger partial charge >= 0.3 is 0 Å². The van der Waals surface area contributed by atoms with E-state index in [1.165, 1.54) is 0 Å². The Morgan fingerprint density at radius 3 is 2.67 bits per heavy atom. The maximum atomic E-state index is 11.6. The van der Waals surface area contributed by atoms with Crippen LogP contribution in [0.4, 0.5) is 0 Å². The Kier molecular flexibility index (Phi) is 2.87. The van der Waals surface area contributed by atoms with E-state index < -0.39 is 0 Å². The van der Waals surface area contributed by atoms with Crippen molar-refractivity contribution < 1.29 is 0 Å². The summed E-state index contributed by atoms with van der Waals surface area (Å²) in [4.78, 5) is 18.8. The number of hydrogen-bond donors (Lipinski definition) is 1. The minimum Gasteiger partial charge on any atom is -0.306 e. The maximum absolute atomic E-state index is 11.6. The number of H-pyrrole nitrogens is 1. The standard InChI is InChI=1S/C14H9IN2O/c15-12-8-16-13(17-14(12)18)11-7-3-5-9-4-1-2-6-10(9)11/h1-8H,(H,16,17,18). The van der Waals surface area contributed by atoms with E-state index in [1.807, 2.05) is 65.1 Å². The van der Waals surface area contributed by atoms with Crippen molar-refractivity contribution >= 4 is 33.4 Å². The Bertz CT molecular complexity index is 775. The number of halogens is 1. The van der Waals surface area contributed by atoms with Crippen molar-refractivity contribution in [3.8, 4) is 11.4 Å². The van der Waals surface area contributed by atoms with Gasteiger partial charge in [-0.1, -0.05) is 42.5 Å². The second-order valence-electron chi connectivity index (χ2n) is 3.94. The van der Waals surface area contributed by atoms with Gasteiger partial charge in [0, 0.05) is 11.8 Å². The van der Waals surface area contributed by atoms with Gasteiger partial charge in [-0.15, -0.1) is 0 Å². The Morgan fingerprint density at radius 2 is 1.83 bits per heavy atom. The summed E-state index contributed by atoms with van der Waals surface area (Å²) in [5.74, 6) is 0.609. The molecular formula is C14H9IN2O. The van der Waals surface area contributed by atoms with Gasteiger partial charge in [0.15, 0.2) is 0 Å². The Hall–Kier alpha value is -1.69. The molecular weight excluding hydrogens is 339 g/mol. The minimum atomic E-state index is -0.103. The molecule has 0 fully saturated rings. The highest BCUT2D eigenvalue weighted by Crippen LogP contribution is 2.25. The number of aromatic amines is 1. The van der Waals surface area contributed by atoms with Gasteiger partial charge in [-0.05, 0) is 33.4 Å². The molecule has 3 rings (SSSR count). The molecule has 0 amide bonds. The molecule has 0 radical (unpaired) electrons. The second-order valence-corrected chi connectivity index (χ2v) is 5.10. The van der Waals surface area contributed by atoms with E-state index in [0.717, 1.165) is 16.3 Å². The third kappa shape index (κ3) is 1.92. The van der Waals surface area contributed by atoms with Gasteiger partial charge in [-0.25, -0.2) is 4.98 Å². The molecule has 3 nitrogen and oxygen atoms in total. The van der Waals surface area contributed by atoms with Gasteiger partial charge in [0.25, 0.3) is 5.56 Å². The van der Waals surface area contributed by atoms with E-state index in [2.05, 4.69) is 9.97 Å². The van der Waals surface area contributed by atoms with E-state index in [9.17, 15) is 4.79 Å². The van der Waals surface area contributed by atoms with Crippen LogP contribution in [0.5, 0.6) is 0 Å². The zero-order valence-corrected chi connectivity index (χ0v) is 11.5. The van der Waals surface area contributed by atoms with Crippen molar-refractivity contribution in [3.63, 3.8) is 0 Å². The zero-order chi connectivity index (χ0) is 12.5. The fourth-order valence-electron chi connectivity index (χ4n) is 1.95. The SMILES string of the molecule is O=c1[nH]c(-c2cccc3ccccc23)ncc1I. The van der Waals surface area contributed by atoms with Gasteiger partial charge in [0.1, 0.15) is 5.82 Å². The van der Waals surface area contributed by atoms with Gasteiger partial charge < -0.3 is 4.98 Å². The summed E-state index contributed by atoms with van der Waals surface area (Å²) >= 11 is 1.97. The summed E-state index contributed by atoms with van der Waals surface area (Å²) in [5.41, 5.74) is 0.843. The van der Waals surface area contributed by atoms with Gasteiger partial charge in [0.05, 0.1) is 3.57 Å². The molecule has 1 aromatic heterocycles. The maximum Gasteiger partial charge on any atom is 0.264 e. The molecule has 0 atom stereocenters. The first kappa shape index (κ1) is 11.4.